The van der Waals surface area contributed by atoms with Crippen molar-refractivity contribution in [2.45, 2.75) is 58.4 Å². The summed E-state index contributed by atoms with van der Waals surface area (Å²) >= 11 is 0. The Balaban J connectivity index is 1.97. The second-order valence-corrected chi connectivity index (χ2v) is 7.50. The Morgan fingerprint density at radius 3 is 2.65 bits per heavy atom. The monoisotopic (exact) mass is 277 g/mol. The number of carbonyl (C=O) groups excluding carboxylic acids is 1. The third-order valence-corrected chi connectivity index (χ3v) is 5.56. The predicted octanol–water partition coefficient (Wildman–Crippen LogP) is 3.02. The fourth-order valence-corrected chi connectivity index (χ4v) is 4.35. The van der Waals surface area contributed by atoms with Crippen molar-refractivity contribution in [1.29, 1.82) is 0 Å². The van der Waals surface area contributed by atoms with Crippen LogP contribution in [0.2, 0.25) is 0 Å². The number of hydrogen-bond donors (Lipinski definition) is 1. The SMILES string of the molecule is CC1CCC(C(C)C)C2(C1)C(N)=NC(=O)N2CC1CC1. The third kappa shape index (κ3) is 2.04. The number of aliphatic imine (C=N–C) groups is 1. The van der Waals surface area contributed by atoms with Gasteiger partial charge in [0, 0.05) is 6.54 Å². The summed E-state index contributed by atoms with van der Waals surface area (Å²) in [5.74, 6) is 2.87. The van der Waals surface area contributed by atoms with E-state index in [-0.39, 0.29) is 11.6 Å². The Bertz CT molecular complexity index is 441. The van der Waals surface area contributed by atoms with E-state index in [9.17, 15) is 4.79 Å². The Labute approximate surface area is 121 Å². The summed E-state index contributed by atoms with van der Waals surface area (Å²) in [5.41, 5.74) is 6.01. The second-order valence-electron chi connectivity index (χ2n) is 7.50. The van der Waals surface area contributed by atoms with Crippen LogP contribution in [0.3, 0.4) is 0 Å². The normalized spacial score (nSPS) is 37.9. The molecule has 2 aliphatic carbocycles. The molecule has 1 aliphatic heterocycles. The number of hydrogen-bond acceptors (Lipinski definition) is 2. The maximum atomic E-state index is 12.4. The van der Waals surface area contributed by atoms with Gasteiger partial charge in [-0.05, 0) is 49.4 Å². The average molecular weight is 277 g/mol. The van der Waals surface area contributed by atoms with Crippen molar-refractivity contribution in [1.82, 2.24) is 4.90 Å². The summed E-state index contributed by atoms with van der Waals surface area (Å²) in [6, 6.07) is -0.0887. The first-order chi connectivity index (χ1) is 9.45. The highest BCUT2D eigenvalue weighted by Crippen LogP contribution is 2.48. The standard InChI is InChI=1S/C16H27N3O/c1-10(2)13-7-4-11(3)8-16(13)14(17)18-15(20)19(16)9-12-5-6-12/h10-13H,4-9H2,1-3H3,(H2,17,18,20). The fraction of sp³-hybridized carbons (Fsp3) is 0.875. The van der Waals surface area contributed by atoms with Gasteiger partial charge in [-0.25, -0.2) is 4.79 Å². The Hall–Kier alpha value is -1.06. The highest BCUT2D eigenvalue weighted by Gasteiger charge is 2.56. The molecule has 2 amide bonds. The molecule has 0 aromatic carbocycles. The molecule has 0 bridgehead atoms. The van der Waals surface area contributed by atoms with Gasteiger partial charge in [0.15, 0.2) is 0 Å². The lowest BCUT2D eigenvalue weighted by Crippen LogP contribution is -2.62. The maximum Gasteiger partial charge on any atom is 0.346 e. The lowest BCUT2D eigenvalue weighted by molar-refractivity contribution is 0.0470. The molecule has 3 aliphatic rings. The molecule has 4 nitrogen and oxygen atoms in total. The van der Waals surface area contributed by atoms with Crippen LogP contribution < -0.4 is 5.73 Å². The van der Waals surface area contributed by atoms with E-state index in [1.807, 2.05) is 4.90 Å². The number of rotatable bonds is 3. The van der Waals surface area contributed by atoms with Crippen LogP contribution in [0.25, 0.3) is 0 Å². The molecule has 0 aromatic rings. The van der Waals surface area contributed by atoms with E-state index >= 15 is 0 Å². The summed E-state index contributed by atoms with van der Waals surface area (Å²) in [6.07, 6.45) is 5.89. The topological polar surface area (TPSA) is 58.7 Å². The average Bonchev–Trinajstić information content (AvgIpc) is 3.14. The number of carbonyl (C=O) groups is 1. The molecule has 0 aromatic heterocycles. The minimum Gasteiger partial charge on any atom is -0.385 e. The molecule has 1 heterocycles. The molecular formula is C16H27N3O. The molecule has 112 valence electrons. The highest BCUT2D eigenvalue weighted by molar-refractivity contribution is 6.06. The lowest BCUT2D eigenvalue weighted by Gasteiger charge is -2.50. The fourth-order valence-electron chi connectivity index (χ4n) is 4.35. The number of urea groups is 1. The number of nitrogens with two attached hydrogens (primary N) is 1. The number of amides is 2. The lowest BCUT2D eigenvalue weighted by atomic mass is 9.64. The van der Waals surface area contributed by atoms with Gasteiger partial charge in [0.2, 0.25) is 0 Å². The van der Waals surface area contributed by atoms with Gasteiger partial charge >= 0.3 is 6.03 Å². The number of amidine groups is 1. The molecule has 3 atom stereocenters. The van der Waals surface area contributed by atoms with Crippen LogP contribution in [0, 0.1) is 23.7 Å². The molecule has 2 fully saturated rings. The van der Waals surface area contributed by atoms with E-state index in [1.54, 1.807) is 0 Å². The first-order valence-corrected chi connectivity index (χ1v) is 8.11. The Morgan fingerprint density at radius 1 is 1.35 bits per heavy atom. The van der Waals surface area contributed by atoms with Crippen molar-refractivity contribution in [2.75, 3.05) is 6.54 Å². The smallest absolute Gasteiger partial charge is 0.346 e. The molecule has 2 saturated carbocycles. The van der Waals surface area contributed by atoms with Crippen molar-refractivity contribution in [2.24, 2.45) is 34.4 Å². The molecule has 3 rings (SSSR count). The van der Waals surface area contributed by atoms with Gasteiger partial charge in [-0.3, -0.25) is 0 Å². The molecule has 3 unspecified atom stereocenters. The first-order valence-electron chi connectivity index (χ1n) is 8.11. The van der Waals surface area contributed by atoms with E-state index in [0.29, 0.717) is 29.5 Å². The first kappa shape index (κ1) is 13.9. The van der Waals surface area contributed by atoms with E-state index in [0.717, 1.165) is 19.4 Å². The summed E-state index contributed by atoms with van der Waals surface area (Å²) in [6.45, 7) is 7.66. The zero-order chi connectivity index (χ0) is 14.5. The van der Waals surface area contributed by atoms with Gasteiger partial charge < -0.3 is 10.6 Å². The third-order valence-electron chi connectivity index (χ3n) is 5.56. The molecule has 20 heavy (non-hydrogen) atoms. The summed E-state index contributed by atoms with van der Waals surface area (Å²) in [5, 5.41) is 0. The van der Waals surface area contributed by atoms with Crippen molar-refractivity contribution < 1.29 is 4.79 Å². The quantitative estimate of drug-likeness (QED) is 0.862. The van der Waals surface area contributed by atoms with Crippen LogP contribution in [-0.4, -0.2) is 28.9 Å². The van der Waals surface area contributed by atoms with Crippen LogP contribution in [0.15, 0.2) is 4.99 Å². The Morgan fingerprint density at radius 2 is 2.05 bits per heavy atom. The van der Waals surface area contributed by atoms with Crippen LogP contribution in [-0.2, 0) is 0 Å². The van der Waals surface area contributed by atoms with Crippen LogP contribution in [0.4, 0.5) is 4.79 Å². The van der Waals surface area contributed by atoms with Gasteiger partial charge in [0.1, 0.15) is 11.4 Å². The van der Waals surface area contributed by atoms with E-state index < -0.39 is 0 Å². The van der Waals surface area contributed by atoms with Gasteiger partial charge in [-0.15, -0.1) is 0 Å². The van der Waals surface area contributed by atoms with Crippen LogP contribution in [0.1, 0.15) is 52.9 Å². The van der Waals surface area contributed by atoms with Gasteiger partial charge in [0.05, 0.1) is 0 Å². The highest BCUT2D eigenvalue weighted by atomic mass is 16.2. The van der Waals surface area contributed by atoms with Crippen molar-refractivity contribution >= 4 is 11.9 Å². The summed E-state index contributed by atoms with van der Waals surface area (Å²) in [7, 11) is 0. The predicted molar refractivity (Wildman–Crippen MR) is 80.5 cm³/mol. The van der Waals surface area contributed by atoms with Crippen molar-refractivity contribution in [3.05, 3.63) is 0 Å². The zero-order valence-corrected chi connectivity index (χ0v) is 12.9. The van der Waals surface area contributed by atoms with Gasteiger partial charge in [-0.2, -0.15) is 4.99 Å². The van der Waals surface area contributed by atoms with E-state index in [2.05, 4.69) is 25.8 Å². The van der Waals surface area contributed by atoms with E-state index in [4.69, 9.17) is 5.73 Å². The molecule has 0 saturated heterocycles. The second kappa shape index (κ2) is 4.74. The molecular weight excluding hydrogens is 250 g/mol. The summed E-state index contributed by atoms with van der Waals surface area (Å²) < 4.78 is 0. The largest absolute Gasteiger partial charge is 0.385 e. The van der Waals surface area contributed by atoms with Crippen LogP contribution in [0.5, 0.6) is 0 Å². The number of nitrogens with zero attached hydrogens (tertiary/aromatic N) is 2. The van der Waals surface area contributed by atoms with Gasteiger partial charge in [0.25, 0.3) is 0 Å². The van der Waals surface area contributed by atoms with Crippen molar-refractivity contribution in [3.63, 3.8) is 0 Å². The maximum absolute atomic E-state index is 12.4. The van der Waals surface area contributed by atoms with Crippen molar-refractivity contribution in [3.8, 4) is 0 Å². The minimum absolute atomic E-state index is 0.0887. The van der Waals surface area contributed by atoms with Gasteiger partial charge in [-0.1, -0.05) is 27.2 Å². The Kier molecular flexibility index (Phi) is 3.30. The van der Waals surface area contributed by atoms with E-state index in [1.165, 1.54) is 19.3 Å². The molecule has 4 heteroatoms. The zero-order valence-electron chi connectivity index (χ0n) is 12.9. The summed E-state index contributed by atoms with van der Waals surface area (Å²) in [4.78, 5) is 18.6. The molecule has 1 spiro atoms. The minimum atomic E-state index is -0.286. The molecule has 0 radical (unpaired) electrons. The van der Waals surface area contributed by atoms with Crippen LogP contribution >= 0.6 is 0 Å². The molecule has 2 N–H and O–H groups in total.